The number of amidine groups is 1. The first-order valence-electron chi connectivity index (χ1n) is 4.69. The minimum Gasteiger partial charge on any atom is -0.409 e. The maximum absolute atomic E-state index is 11.6. The number of likely N-dealkylation sites (N-methyl/N-ethyl adjacent to an activating group) is 1. The van der Waals surface area contributed by atoms with Crippen LogP contribution < -0.4 is 5.73 Å². The molecule has 0 aliphatic carbocycles. The number of oxime groups is 1. The number of amides is 1. The van der Waals surface area contributed by atoms with Gasteiger partial charge in [-0.05, 0) is 13.8 Å². The lowest BCUT2D eigenvalue weighted by Gasteiger charge is -2.26. The molecule has 2 unspecified atom stereocenters. The highest BCUT2D eigenvalue weighted by Gasteiger charge is 2.21. The zero-order chi connectivity index (χ0) is 12.0. The van der Waals surface area contributed by atoms with Crippen molar-refractivity contribution >= 4 is 11.7 Å². The van der Waals surface area contributed by atoms with Gasteiger partial charge in [0.1, 0.15) is 11.9 Å². The fourth-order valence-corrected chi connectivity index (χ4v) is 1.09. The van der Waals surface area contributed by atoms with E-state index in [1.807, 2.05) is 6.92 Å². The molecule has 3 N–H and O–H groups in total. The molecule has 0 aromatic heterocycles. The summed E-state index contributed by atoms with van der Waals surface area (Å²) in [5.41, 5.74) is 5.35. The third-order valence-electron chi connectivity index (χ3n) is 2.34. The van der Waals surface area contributed by atoms with Gasteiger partial charge in [-0.1, -0.05) is 5.16 Å². The Morgan fingerprint density at radius 3 is 2.53 bits per heavy atom. The maximum Gasteiger partial charge on any atom is 0.251 e. The Bertz CT molecular complexity index is 243. The van der Waals surface area contributed by atoms with Crippen LogP contribution in [0.2, 0.25) is 0 Å². The van der Waals surface area contributed by atoms with Crippen molar-refractivity contribution in [2.75, 3.05) is 14.2 Å². The second-order valence-corrected chi connectivity index (χ2v) is 3.47. The SMILES string of the molecule is COC(C)C(=O)N(C)C(C)CC(N)=NO. The van der Waals surface area contributed by atoms with Crippen LogP contribution in [0.25, 0.3) is 0 Å². The summed E-state index contributed by atoms with van der Waals surface area (Å²) < 4.78 is 4.91. The van der Waals surface area contributed by atoms with Gasteiger partial charge in [-0.25, -0.2) is 0 Å². The second kappa shape index (κ2) is 6.23. The van der Waals surface area contributed by atoms with E-state index in [1.54, 1.807) is 14.0 Å². The molecule has 0 saturated carbocycles. The molecule has 1 amide bonds. The van der Waals surface area contributed by atoms with E-state index in [2.05, 4.69) is 5.16 Å². The molecule has 0 aliphatic heterocycles. The number of nitrogens with two attached hydrogens (primary N) is 1. The van der Waals surface area contributed by atoms with Gasteiger partial charge in [-0.3, -0.25) is 4.79 Å². The van der Waals surface area contributed by atoms with Crippen molar-refractivity contribution in [3.63, 3.8) is 0 Å². The molecular formula is C9H19N3O3. The average molecular weight is 217 g/mol. The first kappa shape index (κ1) is 13.7. The zero-order valence-electron chi connectivity index (χ0n) is 9.60. The molecule has 0 fully saturated rings. The van der Waals surface area contributed by atoms with Crippen molar-refractivity contribution in [2.45, 2.75) is 32.4 Å². The van der Waals surface area contributed by atoms with Crippen molar-refractivity contribution in [1.29, 1.82) is 0 Å². The molecule has 0 radical (unpaired) electrons. The highest BCUT2D eigenvalue weighted by Crippen LogP contribution is 2.05. The molecule has 2 atom stereocenters. The normalized spacial score (nSPS) is 15.9. The minimum absolute atomic E-state index is 0.104. The number of nitrogens with zero attached hydrogens (tertiary/aromatic N) is 2. The van der Waals surface area contributed by atoms with E-state index in [9.17, 15) is 4.79 Å². The number of rotatable bonds is 5. The van der Waals surface area contributed by atoms with E-state index in [0.717, 1.165) is 0 Å². The van der Waals surface area contributed by atoms with E-state index < -0.39 is 6.10 Å². The van der Waals surface area contributed by atoms with Crippen molar-refractivity contribution in [1.82, 2.24) is 4.90 Å². The number of ether oxygens (including phenoxy) is 1. The summed E-state index contributed by atoms with van der Waals surface area (Å²) in [6.45, 7) is 3.49. The topological polar surface area (TPSA) is 88.2 Å². The van der Waals surface area contributed by atoms with Crippen LogP contribution in [-0.2, 0) is 9.53 Å². The van der Waals surface area contributed by atoms with Crippen molar-refractivity contribution < 1.29 is 14.7 Å². The van der Waals surface area contributed by atoms with Crippen LogP contribution in [0.3, 0.4) is 0 Å². The van der Waals surface area contributed by atoms with E-state index in [-0.39, 0.29) is 17.8 Å². The van der Waals surface area contributed by atoms with Gasteiger partial charge in [-0.15, -0.1) is 0 Å². The Labute approximate surface area is 89.7 Å². The number of hydrogen-bond acceptors (Lipinski definition) is 4. The largest absolute Gasteiger partial charge is 0.409 e. The molecule has 6 nitrogen and oxygen atoms in total. The molecule has 88 valence electrons. The number of carbonyl (C=O) groups is 1. The monoisotopic (exact) mass is 217 g/mol. The predicted octanol–water partition coefficient (Wildman–Crippen LogP) is 0.00470. The van der Waals surface area contributed by atoms with Crippen LogP contribution in [0, 0.1) is 0 Å². The van der Waals surface area contributed by atoms with Gasteiger partial charge in [0.25, 0.3) is 5.91 Å². The van der Waals surface area contributed by atoms with Gasteiger partial charge in [0.05, 0.1) is 0 Å². The number of carbonyl (C=O) groups excluding carboxylic acids is 1. The summed E-state index contributed by atoms with van der Waals surface area (Å²) in [5.74, 6) is -0.0250. The Hall–Kier alpha value is -1.30. The van der Waals surface area contributed by atoms with Crippen molar-refractivity contribution in [3.8, 4) is 0 Å². The summed E-state index contributed by atoms with van der Waals surface area (Å²) in [6, 6.07) is -0.133. The maximum atomic E-state index is 11.6. The summed E-state index contributed by atoms with van der Waals surface area (Å²) in [6.07, 6.45) is -0.153. The van der Waals surface area contributed by atoms with Crippen LogP contribution in [0.4, 0.5) is 0 Å². The lowest BCUT2D eigenvalue weighted by atomic mass is 10.2. The average Bonchev–Trinajstić information content (AvgIpc) is 2.25. The summed E-state index contributed by atoms with van der Waals surface area (Å²) in [5, 5.41) is 11.3. The second-order valence-electron chi connectivity index (χ2n) is 3.47. The van der Waals surface area contributed by atoms with E-state index in [1.165, 1.54) is 12.0 Å². The van der Waals surface area contributed by atoms with E-state index in [4.69, 9.17) is 15.7 Å². The smallest absolute Gasteiger partial charge is 0.251 e. The molecule has 0 aromatic carbocycles. The third kappa shape index (κ3) is 4.16. The van der Waals surface area contributed by atoms with Crippen LogP contribution in [0.1, 0.15) is 20.3 Å². The van der Waals surface area contributed by atoms with Crippen LogP contribution in [0.5, 0.6) is 0 Å². The molecule has 0 rings (SSSR count). The molecule has 0 saturated heterocycles. The molecule has 0 spiro atoms. The summed E-state index contributed by atoms with van der Waals surface area (Å²) in [7, 11) is 3.14. The van der Waals surface area contributed by atoms with Crippen LogP contribution in [0.15, 0.2) is 5.16 Å². The van der Waals surface area contributed by atoms with Gasteiger partial charge in [0.15, 0.2) is 0 Å². The van der Waals surface area contributed by atoms with Crippen LogP contribution in [-0.4, -0.2) is 48.2 Å². The Balaban J connectivity index is 4.31. The van der Waals surface area contributed by atoms with Gasteiger partial charge in [-0.2, -0.15) is 0 Å². The number of methoxy groups -OCH3 is 1. The van der Waals surface area contributed by atoms with Gasteiger partial charge >= 0.3 is 0 Å². The molecule has 0 aliphatic rings. The van der Waals surface area contributed by atoms with Crippen molar-refractivity contribution in [3.05, 3.63) is 0 Å². The van der Waals surface area contributed by atoms with E-state index >= 15 is 0 Å². The summed E-state index contributed by atoms with van der Waals surface area (Å²) >= 11 is 0. The standard InChI is InChI=1S/C9H19N3O3/c1-6(5-8(10)11-14)12(3)9(13)7(2)15-4/h6-7,14H,5H2,1-4H3,(H2,10,11). The fraction of sp³-hybridized carbons (Fsp3) is 0.778. The first-order chi connectivity index (χ1) is 6.93. The molecule has 15 heavy (non-hydrogen) atoms. The Kier molecular flexibility index (Phi) is 5.69. The highest BCUT2D eigenvalue weighted by atomic mass is 16.5. The Morgan fingerprint density at radius 2 is 2.13 bits per heavy atom. The lowest BCUT2D eigenvalue weighted by molar-refractivity contribution is -0.141. The predicted molar refractivity (Wildman–Crippen MR) is 56.7 cm³/mol. The molecule has 0 bridgehead atoms. The van der Waals surface area contributed by atoms with Gasteiger partial charge < -0.3 is 20.6 Å². The van der Waals surface area contributed by atoms with Gasteiger partial charge in [0, 0.05) is 26.6 Å². The number of hydrogen-bond donors (Lipinski definition) is 2. The zero-order valence-corrected chi connectivity index (χ0v) is 9.60. The van der Waals surface area contributed by atoms with Crippen molar-refractivity contribution in [2.24, 2.45) is 10.9 Å². The molecule has 0 aromatic rings. The summed E-state index contributed by atoms with van der Waals surface area (Å²) in [4.78, 5) is 13.2. The molecule has 0 heterocycles. The third-order valence-corrected chi connectivity index (χ3v) is 2.34. The minimum atomic E-state index is -0.482. The first-order valence-corrected chi connectivity index (χ1v) is 4.69. The Morgan fingerprint density at radius 1 is 1.60 bits per heavy atom. The quantitative estimate of drug-likeness (QED) is 0.294. The molecule has 6 heteroatoms. The van der Waals surface area contributed by atoms with Gasteiger partial charge in [0.2, 0.25) is 0 Å². The lowest BCUT2D eigenvalue weighted by Crippen LogP contribution is -2.42. The fourth-order valence-electron chi connectivity index (χ4n) is 1.09. The highest BCUT2D eigenvalue weighted by molar-refractivity contribution is 5.83. The van der Waals surface area contributed by atoms with Crippen LogP contribution >= 0.6 is 0 Å². The van der Waals surface area contributed by atoms with E-state index in [0.29, 0.717) is 6.42 Å². The molecular weight excluding hydrogens is 198 g/mol.